The van der Waals surface area contributed by atoms with Crippen LogP contribution in [0.1, 0.15) is 52.2 Å². The van der Waals surface area contributed by atoms with E-state index in [0.717, 1.165) is 28.6 Å². The fourth-order valence-corrected chi connectivity index (χ4v) is 3.11. The number of carbonyl (C=O) groups excluding carboxylic acids is 2. The van der Waals surface area contributed by atoms with Crippen LogP contribution in [0.3, 0.4) is 0 Å². The zero-order valence-corrected chi connectivity index (χ0v) is 17.8. The number of aryl methyl sites for hydroxylation is 1. The Hall–Kier alpha value is -3.41. The number of ether oxygens (including phenoxy) is 1. The molecule has 0 aliphatic carbocycles. The number of rotatable bonds is 7. The zero-order chi connectivity index (χ0) is 21.7. The normalized spacial score (nSPS) is 11.7. The lowest BCUT2D eigenvalue weighted by atomic mass is 10.1. The first-order valence-corrected chi connectivity index (χ1v) is 10.0. The Morgan fingerprint density at radius 2 is 1.90 bits per heavy atom. The Kier molecular flexibility index (Phi) is 6.67. The highest BCUT2D eigenvalue weighted by molar-refractivity contribution is 5.99. The van der Waals surface area contributed by atoms with Crippen molar-refractivity contribution in [1.29, 1.82) is 0 Å². The molecular formula is C24H27N3O3. The van der Waals surface area contributed by atoms with Crippen LogP contribution in [0.4, 0.5) is 0 Å². The van der Waals surface area contributed by atoms with Gasteiger partial charge in [-0.15, -0.1) is 0 Å². The van der Waals surface area contributed by atoms with Gasteiger partial charge >= 0.3 is 0 Å². The summed E-state index contributed by atoms with van der Waals surface area (Å²) in [6.45, 7) is 6.13. The molecule has 0 saturated carbocycles. The van der Waals surface area contributed by atoms with Crippen molar-refractivity contribution in [3.63, 3.8) is 0 Å². The first-order valence-electron chi connectivity index (χ1n) is 10.0. The monoisotopic (exact) mass is 405 g/mol. The third kappa shape index (κ3) is 4.95. The fraction of sp³-hybridized carbons (Fsp3) is 0.292. The molecule has 156 valence electrons. The number of fused-ring (bicyclic) bond motifs is 1. The second kappa shape index (κ2) is 9.39. The summed E-state index contributed by atoms with van der Waals surface area (Å²) >= 11 is 0. The topological polar surface area (TPSA) is 80.3 Å². The molecule has 30 heavy (non-hydrogen) atoms. The van der Waals surface area contributed by atoms with E-state index in [0.29, 0.717) is 23.4 Å². The van der Waals surface area contributed by atoms with Gasteiger partial charge < -0.3 is 15.4 Å². The summed E-state index contributed by atoms with van der Waals surface area (Å²) < 4.78 is 5.23. The van der Waals surface area contributed by atoms with E-state index < -0.39 is 0 Å². The number of aromatic nitrogens is 1. The third-order valence-electron chi connectivity index (χ3n) is 5.09. The molecule has 0 spiro atoms. The Bertz CT molecular complexity index is 1080. The van der Waals surface area contributed by atoms with Crippen molar-refractivity contribution < 1.29 is 14.3 Å². The molecule has 1 atom stereocenters. The molecule has 1 heterocycles. The van der Waals surface area contributed by atoms with E-state index in [1.807, 2.05) is 57.2 Å². The number of nitrogens with zero attached hydrogens (tertiary/aromatic N) is 1. The van der Waals surface area contributed by atoms with Gasteiger partial charge in [-0.2, -0.15) is 0 Å². The molecule has 6 heteroatoms. The van der Waals surface area contributed by atoms with Crippen LogP contribution in [0.25, 0.3) is 10.9 Å². The largest absolute Gasteiger partial charge is 0.497 e. The summed E-state index contributed by atoms with van der Waals surface area (Å²) in [5, 5.41) is 6.75. The molecule has 6 nitrogen and oxygen atoms in total. The highest BCUT2D eigenvalue weighted by atomic mass is 16.5. The standard InChI is InChI=1S/C24H27N3O3/c1-5-15(2)26-23(28)19-8-6-7-17(11-19)14-25-24(29)21-12-18-9-10-20(30-4)13-22(18)27-16(21)3/h6-13,15H,5,14H2,1-4H3,(H,25,29)(H,26,28). The number of carbonyl (C=O) groups is 2. The summed E-state index contributed by atoms with van der Waals surface area (Å²) in [7, 11) is 1.61. The molecule has 0 fully saturated rings. The van der Waals surface area contributed by atoms with Crippen LogP contribution in [0.15, 0.2) is 48.5 Å². The lowest BCUT2D eigenvalue weighted by Crippen LogP contribution is -2.32. The molecule has 2 aromatic carbocycles. The molecular weight excluding hydrogens is 378 g/mol. The van der Waals surface area contributed by atoms with Crippen LogP contribution in [0.5, 0.6) is 5.75 Å². The number of benzene rings is 2. The Morgan fingerprint density at radius 3 is 2.63 bits per heavy atom. The first kappa shape index (κ1) is 21.3. The van der Waals surface area contributed by atoms with Gasteiger partial charge in [0.25, 0.3) is 11.8 Å². The third-order valence-corrected chi connectivity index (χ3v) is 5.09. The molecule has 0 saturated heterocycles. The highest BCUT2D eigenvalue weighted by Gasteiger charge is 2.13. The number of methoxy groups -OCH3 is 1. The van der Waals surface area contributed by atoms with E-state index >= 15 is 0 Å². The van der Waals surface area contributed by atoms with Gasteiger partial charge in [0.1, 0.15) is 5.75 Å². The minimum absolute atomic E-state index is 0.109. The summed E-state index contributed by atoms with van der Waals surface area (Å²) in [6, 6.07) is 14.8. The Balaban J connectivity index is 1.72. The average Bonchev–Trinajstić information content (AvgIpc) is 2.76. The van der Waals surface area contributed by atoms with Gasteiger partial charge in [-0.05, 0) is 56.2 Å². The second-order valence-corrected chi connectivity index (χ2v) is 7.35. The van der Waals surface area contributed by atoms with Gasteiger partial charge in [-0.25, -0.2) is 0 Å². The summed E-state index contributed by atoms with van der Waals surface area (Å²) in [5.74, 6) is 0.415. The van der Waals surface area contributed by atoms with E-state index in [4.69, 9.17) is 4.74 Å². The molecule has 2 N–H and O–H groups in total. The highest BCUT2D eigenvalue weighted by Crippen LogP contribution is 2.21. The minimum Gasteiger partial charge on any atom is -0.497 e. The van der Waals surface area contributed by atoms with Crippen LogP contribution in [0.2, 0.25) is 0 Å². The van der Waals surface area contributed by atoms with E-state index in [9.17, 15) is 9.59 Å². The minimum atomic E-state index is -0.202. The van der Waals surface area contributed by atoms with Crippen molar-refractivity contribution in [2.45, 2.75) is 39.8 Å². The predicted octanol–water partition coefficient (Wildman–Crippen LogP) is 4.01. The molecule has 1 unspecified atom stereocenters. The van der Waals surface area contributed by atoms with Gasteiger partial charge in [0, 0.05) is 29.6 Å². The molecule has 0 radical (unpaired) electrons. The molecule has 1 aromatic heterocycles. The van der Waals surface area contributed by atoms with Crippen molar-refractivity contribution in [2.24, 2.45) is 0 Å². The van der Waals surface area contributed by atoms with E-state index in [-0.39, 0.29) is 17.9 Å². The van der Waals surface area contributed by atoms with E-state index in [1.54, 1.807) is 19.2 Å². The van der Waals surface area contributed by atoms with Crippen molar-refractivity contribution in [1.82, 2.24) is 15.6 Å². The fourth-order valence-electron chi connectivity index (χ4n) is 3.11. The molecule has 0 bridgehead atoms. The summed E-state index contributed by atoms with van der Waals surface area (Å²) in [6.07, 6.45) is 0.868. The van der Waals surface area contributed by atoms with Crippen molar-refractivity contribution in [3.8, 4) is 5.75 Å². The zero-order valence-electron chi connectivity index (χ0n) is 17.8. The number of hydrogen-bond donors (Lipinski definition) is 2. The number of amides is 2. The Labute approximate surface area is 176 Å². The predicted molar refractivity (Wildman–Crippen MR) is 118 cm³/mol. The molecule has 3 aromatic rings. The van der Waals surface area contributed by atoms with Crippen LogP contribution >= 0.6 is 0 Å². The van der Waals surface area contributed by atoms with Crippen molar-refractivity contribution in [3.05, 3.63) is 70.9 Å². The maximum atomic E-state index is 12.8. The van der Waals surface area contributed by atoms with Crippen molar-refractivity contribution >= 4 is 22.7 Å². The molecule has 0 aliphatic rings. The van der Waals surface area contributed by atoms with Gasteiger partial charge in [0.2, 0.25) is 0 Å². The Morgan fingerprint density at radius 1 is 1.10 bits per heavy atom. The molecule has 2 amide bonds. The van der Waals surface area contributed by atoms with E-state index in [2.05, 4.69) is 15.6 Å². The summed E-state index contributed by atoms with van der Waals surface area (Å²) in [4.78, 5) is 29.6. The summed E-state index contributed by atoms with van der Waals surface area (Å²) in [5.41, 5.74) is 3.40. The first-order chi connectivity index (χ1) is 14.4. The second-order valence-electron chi connectivity index (χ2n) is 7.35. The molecule has 3 rings (SSSR count). The van der Waals surface area contributed by atoms with E-state index in [1.165, 1.54) is 0 Å². The van der Waals surface area contributed by atoms with Crippen LogP contribution in [-0.4, -0.2) is 29.9 Å². The lowest BCUT2D eigenvalue weighted by molar-refractivity contribution is 0.0936. The maximum absolute atomic E-state index is 12.8. The van der Waals surface area contributed by atoms with Crippen LogP contribution in [0, 0.1) is 6.92 Å². The van der Waals surface area contributed by atoms with Crippen molar-refractivity contribution in [2.75, 3.05) is 7.11 Å². The maximum Gasteiger partial charge on any atom is 0.253 e. The lowest BCUT2D eigenvalue weighted by Gasteiger charge is -2.12. The SMILES string of the molecule is CCC(C)NC(=O)c1cccc(CNC(=O)c2cc3ccc(OC)cc3nc2C)c1. The molecule has 0 aliphatic heterocycles. The van der Waals surface area contributed by atoms with Crippen LogP contribution in [-0.2, 0) is 6.54 Å². The van der Waals surface area contributed by atoms with Gasteiger partial charge in [0.05, 0.1) is 23.9 Å². The number of hydrogen-bond acceptors (Lipinski definition) is 4. The van der Waals surface area contributed by atoms with Gasteiger partial charge in [0.15, 0.2) is 0 Å². The quantitative estimate of drug-likeness (QED) is 0.622. The smallest absolute Gasteiger partial charge is 0.253 e. The number of pyridine rings is 1. The average molecular weight is 405 g/mol. The van der Waals surface area contributed by atoms with Gasteiger partial charge in [-0.1, -0.05) is 19.1 Å². The number of nitrogens with one attached hydrogen (secondary N) is 2. The van der Waals surface area contributed by atoms with Gasteiger partial charge in [-0.3, -0.25) is 14.6 Å². The van der Waals surface area contributed by atoms with Crippen LogP contribution < -0.4 is 15.4 Å².